The summed E-state index contributed by atoms with van der Waals surface area (Å²) < 4.78 is 37.2. The van der Waals surface area contributed by atoms with Gasteiger partial charge in [-0.2, -0.15) is 0 Å². The second-order valence-corrected chi connectivity index (χ2v) is 23.4. The van der Waals surface area contributed by atoms with E-state index < -0.39 is 81.9 Å². The zero-order chi connectivity index (χ0) is 60.7. The van der Waals surface area contributed by atoms with Gasteiger partial charge in [0.2, 0.25) is 11.8 Å². The maximum atomic E-state index is 14.4. The first-order valence-corrected chi connectivity index (χ1v) is 29.8. The fourth-order valence-corrected chi connectivity index (χ4v) is 12.1. The number of likely N-dealkylation sites (tertiary alicyclic amines) is 1. The Labute approximate surface area is 495 Å². The minimum absolute atomic E-state index is 0.0213. The molecule has 23 nitrogen and oxygen atoms in total. The number of aliphatic carboxylic acids is 1. The molecule has 4 heterocycles. The van der Waals surface area contributed by atoms with E-state index in [0.29, 0.717) is 66.2 Å². The number of pyridine rings is 2. The number of ketones is 1. The van der Waals surface area contributed by atoms with Crippen LogP contribution < -0.4 is 47.5 Å². The summed E-state index contributed by atoms with van der Waals surface area (Å²) in [6.45, 7) is 7.79. The summed E-state index contributed by atoms with van der Waals surface area (Å²) in [4.78, 5) is 114. The number of amides is 6. The number of carboxylic acid groups (broad SMARTS) is 1. The molecule has 444 valence electrons. The van der Waals surface area contributed by atoms with Crippen molar-refractivity contribution in [1.29, 1.82) is 0 Å². The van der Waals surface area contributed by atoms with Gasteiger partial charge in [0, 0.05) is 64.3 Å². The molecule has 2 aromatic heterocycles. The van der Waals surface area contributed by atoms with Gasteiger partial charge in [-0.25, -0.2) is 27.8 Å². The third kappa shape index (κ3) is 13.6. The van der Waals surface area contributed by atoms with E-state index in [9.17, 15) is 51.9 Å². The quantitative estimate of drug-likeness (QED) is 0.0277. The number of nitrogens with one attached hydrogen (secondary N) is 8. The van der Waals surface area contributed by atoms with Crippen LogP contribution in [0.4, 0.5) is 32.3 Å². The minimum atomic E-state index is -4.19. The number of benzene rings is 4. The Balaban J connectivity index is 0.773. The summed E-state index contributed by atoms with van der Waals surface area (Å²) in [6.07, 6.45) is 1.19. The lowest BCUT2D eigenvalue weighted by Gasteiger charge is -2.38. The molecule has 6 aromatic rings. The topological polar surface area (TPSA) is 317 Å². The summed E-state index contributed by atoms with van der Waals surface area (Å²) >= 11 is 5.48. The van der Waals surface area contributed by atoms with Crippen LogP contribution >= 0.6 is 12.2 Å². The highest BCUT2D eigenvalue weighted by Crippen LogP contribution is 2.42. The number of ether oxygens (including phenoxy) is 1. The average Bonchev–Trinajstić information content (AvgIpc) is 1.80. The summed E-state index contributed by atoms with van der Waals surface area (Å²) in [5.74, 6) is -3.96. The van der Waals surface area contributed by atoms with Crippen molar-refractivity contribution in [1.82, 2.24) is 35.7 Å². The number of nitrogens with zero attached hydrogens (tertiary/aromatic N) is 3. The lowest BCUT2D eigenvalue weighted by atomic mass is 9.76. The summed E-state index contributed by atoms with van der Waals surface area (Å²) in [7, 11) is -4.19. The Morgan fingerprint density at radius 3 is 2.26 bits per heavy atom. The Bertz CT molecular complexity index is 3820. The molecule has 9 N–H and O–H groups in total. The summed E-state index contributed by atoms with van der Waals surface area (Å²) in [5, 5.41) is 29.9. The van der Waals surface area contributed by atoms with E-state index in [1.807, 2.05) is 37.3 Å². The first kappa shape index (κ1) is 60.4. The highest BCUT2D eigenvalue weighted by molar-refractivity contribution is 7.92. The van der Waals surface area contributed by atoms with Crippen molar-refractivity contribution in [3.63, 3.8) is 0 Å². The van der Waals surface area contributed by atoms with Gasteiger partial charge in [0.15, 0.2) is 16.5 Å². The second kappa shape index (κ2) is 25.7. The minimum Gasteiger partial charge on any atom is -0.481 e. The number of hydrogen-bond donors (Lipinski definition) is 9. The Kier molecular flexibility index (Phi) is 18.3. The predicted molar refractivity (Wildman–Crippen MR) is 322 cm³/mol. The van der Waals surface area contributed by atoms with Gasteiger partial charge in [0.1, 0.15) is 12.1 Å². The van der Waals surface area contributed by atoms with Crippen molar-refractivity contribution >= 4 is 103 Å². The molecule has 4 atom stereocenters. The number of carbonyl (C=O) groups is 7. The first-order chi connectivity index (χ1) is 40.7. The molecular formula is C60H65N11O12S2. The number of Topliss-reactive ketones (excluding diaryl/α,β-unsaturated/α-hetero) is 1. The number of carbonyl (C=O) groups excluding carboxylic acids is 6. The SMILES string of the molecule is CCCNC(=O)Nc1cccc(S(=O)(=O)Nc2cccc(C(CC(=O)O)NC(=O)Nc3ccc(NC(=S)NCC(=O)N4CCC[C@H]4C(=O)N[C@H](C(=O)O[C@]4(CC)C(=O)CCc5c4cc4n(c5=O)Cc5cc6ccccc6nc5-4)C(C)C)cc3)c2)c1. The summed E-state index contributed by atoms with van der Waals surface area (Å²) in [6, 6.07) is 24.7. The number of rotatable bonds is 20. The molecule has 0 radical (unpaired) electrons. The molecule has 6 amide bonds. The van der Waals surface area contributed by atoms with Crippen LogP contribution in [0, 0.1) is 5.92 Å². The monoisotopic (exact) mass is 1200 g/mol. The molecule has 25 heteroatoms. The second-order valence-electron chi connectivity index (χ2n) is 21.3. The van der Waals surface area contributed by atoms with E-state index in [-0.39, 0.29) is 70.6 Å². The first-order valence-electron chi connectivity index (χ1n) is 27.9. The van der Waals surface area contributed by atoms with Gasteiger partial charge in [-0.3, -0.25) is 28.7 Å². The number of fused-ring (bicyclic) bond motifs is 5. The Morgan fingerprint density at radius 2 is 1.53 bits per heavy atom. The van der Waals surface area contributed by atoms with Gasteiger partial charge in [-0.15, -0.1) is 0 Å². The lowest BCUT2D eigenvalue weighted by molar-refractivity contribution is -0.174. The standard InChI is InChI=1S/C60H65N11O12S2/c1-5-25-61-57(79)64-40-14-10-16-42(29-40)85(81,82)69-41-15-9-13-36(28-41)46(31-51(74)75)67-58(80)63-38-19-21-39(22-20-38)65-59(84)62-32-50(73)70-26-11-18-47(70)54(76)68-52(34(3)4)56(78)83-60(6-2)44-30-48-53-37(27-35-12-7-8-17-45(35)66-53)33-71(48)55(77)43(44)23-24-49(60)72/h7-10,12-17,19-22,27-30,34,46-47,52,69H,5-6,11,18,23-26,31-33H2,1-4H3,(H,68,76)(H,74,75)(H2,61,64,79)(H2,62,65,84)(H2,63,67,80)/t46?,47-,52-,60-/m0/s1. The van der Waals surface area contributed by atoms with Crippen LogP contribution in [-0.2, 0) is 57.3 Å². The number of aromatic nitrogens is 2. The third-order valence-electron chi connectivity index (χ3n) is 15.1. The maximum Gasteiger partial charge on any atom is 0.330 e. The molecule has 3 aliphatic rings. The lowest BCUT2D eigenvalue weighted by Crippen LogP contribution is -2.56. The maximum absolute atomic E-state index is 14.4. The van der Waals surface area contributed by atoms with Crippen LogP contribution in [0.3, 0.4) is 0 Å². The van der Waals surface area contributed by atoms with Crippen molar-refractivity contribution in [3.05, 3.63) is 142 Å². The number of para-hydroxylation sites is 1. The third-order valence-corrected chi connectivity index (χ3v) is 16.7. The summed E-state index contributed by atoms with van der Waals surface area (Å²) in [5.41, 5.74) is 2.79. The van der Waals surface area contributed by atoms with Crippen molar-refractivity contribution in [2.24, 2.45) is 5.92 Å². The molecule has 0 saturated carbocycles. The molecule has 9 rings (SSSR count). The van der Waals surface area contributed by atoms with Gasteiger partial charge < -0.3 is 56.5 Å². The van der Waals surface area contributed by atoms with Crippen LogP contribution in [0.2, 0.25) is 0 Å². The van der Waals surface area contributed by atoms with Gasteiger partial charge in [0.05, 0.1) is 47.4 Å². The molecule has 4 aromatic carbocycles. The van der Waals surface area contributed by atoms with E-state index in [0.717, 1.165) is 16.5 Å². The number of esters is 1. The van der Waals surface area contributed by atoms with Crippen LogP contribution in [0.5, 0.6) is 0 Å². The van der Waals surface area contributed by atoms with Crippen LogP contribution in [0.15, 0.2) is 119 Å². The number of urea groups is 2. The van der Waals surface area contributed by atoms with E-state index in [1.54, 1.807) is 61.7 Å². The van der Waals surface area contributed by atoms with Crippen molar-refractivity contribution in [2.75, 3.05) is 40.3 Å². The van der Waals surface area contributed by atoms with Crippen LogP contribution in [-0.4, -0.2) is 106 Å². The van der Waals surface area contributed by atoms with E-state index >= 15 is 0 Å². The fraction of sp³-hybridized carbons (Fsp3) is 0.333. The molecule has 0 bridgehead atoms. The molecule has 85 heavy (non-hydrogen) atoms. The molecule has 1 aliphatic carbocycles. The molecule has 1 saturated heterocycles. The van der Waals surface area contributed by atoms with Gasteiger partial charge in [-0.05, 0) is 129 Å². The normalized spacial score (nSPS) is 16.6. The predicted octanol–water partition coefficient (Wildman–Crippen LogP) is 6.88. The number of hydrogen-bond acceptors (Lipinski definition) is 13. The average molecular weight is 1200 g/mol. The molecule has 1 fully saturated rings. The molecular weight excluding hydrogens is 1130 g/mol. The Hall–Kier alpha value is -9.23. The van der Waals surface area contributed by atoms with Crippen molar-refractivity contribution < 1.29 is 51.8 Å². The van der Waals surface area contributed by atoms with E-state index in [1.165, 1.54) is 47.4 Å². The number of carboxylic acids is 1. The van der Waals surface area contributed by atoms with Gasteiger partial charge in [0.25, 0.3) is 15.6 Å². The number of thiocarbonyl (C=S) groups is 1. The zero-order valence-corrected chi connectivity index (χ0v) is 48.7. The highest BCUT2D eigenvalue weighted by atomic mass is 32.2. The number of anilines is 4. The Morgan fingerprint density at radius 1 is 0.812 bits per heavy atom. The van der Waals surface area contributed by atoms with E-state index in [2.05, 4.69) is 41.9 Å². The fourth-order valence-electron chi connectivity index (χ4n) is 10.8. The van der Waals surface area contributed by atoms with E-state index in [4.69, 9.17) is 21.9 Å². The number of sulfonamides is 1. The smallest absolute Gasteiger partial charge is 0.330 e. The zero-order valence-electron chi connectivity index (χ0n) is 47.1. The van der Waals surface area contributed by atoms with Crippen LogP contribution in [0.25, 0.3) is 22.3 Å². The van der Waals surface area contributed by atoms with Crippen LogP contribution in [0.1, 0.15) is 94.5 Å². The van der Waals surface area contributed by atoms with Gasteiger partial charge >= 0.3 is 24.0 Å². The molecule has 0 spiro atoms. The molecule has 2 aliphatic heterocycles. The highest BCUT2D eigenvalue weighted by Gasteiger charge is 2.49. The largest absolute Gasteiger partial charge is 0.481 e. The van der Waals surface area contributed by atoms with Gasteiger partial charge in [-0.1, -0.05) is 64.1 Å². The molecule has 1 unspecified atom stereocenters. The van der Waals surface area contributed by atoms with Crippen molar-refractivity contribution in [3.8, 4) is 11.4 Å². The van der Waals surface area contributed by atoms with Crippen molar-refractivity contribution in [2.45, 2.75) is 108 Å².